The van der Waals surface area contributed by atoms with Gasteiger partial charge in [0.2, 0.25) is 0 Å². The summed E-state index contributed by atoms with van der Waals surface area (Å²) in [7, 11) is 0. The van der Waals surface area contributed by atoms with Gasteiger partial charge < -0.3 is 14.8 Å². The van der Waals surface area contributed by atoms with Gasteiger partial charge in [0.1, 0.15) is 0 Å². The molecule has 190 valence electrons. The van der Waals surface area contributed by atoms with Gasteiger partial charge in [-0.25, -0.2) is 0 Å². The van der Waals surface area contributed by atoms with Gasteiger partial charge in [-0.2, -0.15) is 0 Å². The molecule has 1 N–H and O–H groups in total. The summed E-state index contributed by atoms with van der Waals surface area (Å²) in [5.74, 6) is 1.30. The third-order valence-electron chi connectivity index (χ3n) is 8.89. The van der Waals surface area contributed by atoms with Crippen LogP contribution in [-0.2, 0) is 13.0 Å². The SMILES string of the molecule is Cc1cc(C)c(CN2CCCc3sc([C@H](C)C4CCN(CC5(C)CC5)CC4)c(C)c3C2=O)c(=O)[nH]1. The lowest BCUT2D eigenvalue weighted by Crippen LogP contribution is -2.38. The molecule has 6 heteroatoms. The minimum Gasteiger partial charge on any atom is -0.334 e. The zero-order valence-corrected chi connectivity index (χ0v) is 22.9. The highest BCUT2D eigenvalue weighted by Gasteiger charge is 2.40. The first kappa shape index (κ1) is 24.8. The molecule has 2 aromatic rings. The van der Waals surface area contributed by atoms with Crippen molar-refractivity contribution in [2.24, 2.45) is 11.3 Å². The molecule has 0 radical (unpaired) electrons. The number of rotatable bonds is 6. The van der Waals surface area contributed by atoms with E-state index in [1.54, 1.807) is 0 Å². The van der Waals surface area contributed by atoms with E-state index in [0.717, 1.165) is 29.7 Å². The van der Waals surface area contributed by atoms with Crippen LogP contribution in [0.1, 0.15) is 94.4 Å². The average Bonchev–Trinajstić information content (AvgIpc) is 3.47. The number of thiophene rings is 1. The van der Waals surface area contributed by atoms with Crippen molar-refractivity contribution in [3.63, 3.8) is 0 Å². The number of likely N-dealkylation sites (tertiary alicyclic amines) is 1. The number of fused-ring (bicyclic) bond motifs is 1. The van der Waals surface area contributed by atoms with Crippen LogP contribution in [0.4, 0.5) is 0 Å². The average molecular weight is 496 g/mol. The largest absolute Gasteiger partial charge is 0.334 e. The number of hydrogen-bond donors (Lipinski definition) is 1. The summed E-state index contributed by atoms with van der Waals surface area (Å²) in [5.41, 5.74) is 5.17. The monoisotopic (exact) mass is 495 g/mol. The zero-order valence-electron chi connectivity index (χ0n) is 22.1. The molecule has 35 heavy (non-hydrogen) atoms. The minimum absolute atomic E-state index is 0.0712. The predicted octanol–water partition coefficient (Wildman–Crippen LogP) is 5.57. The van der Waals surface area contributed by atoms with Gasteiger partial charge in [0.25, 0.3) is 11.5 Å². The first-order valence-electron chi connectivity index (χ1n) is 13.5. The number of carbonyl (C=O) groups excluding carboxylic acids is 1. The molecular formula is C29H41N3O2S. The van der Waals surface area contributed by atoms with Gasteiger partial charge in [0, 0.05) is 34.1 Å². The molecular weight excluding hydrogens is 454 g/mol. The van der Waals surface area contributed by atoms with Gasteiger partial charge in [-0.1, -0.05) is 13.8 Å². The topological polar surface area (TPSA) is 56.4 Å². The summed E-state index contributed by atoms with van der Waals surface area (Å²) in [6.45, 7) is 15.6. The van der Waals surface area contributed by atoms with Crippen molar-refractivity contribution in [1.82, 2.24) is 14.8 Å². The lowest BCUT2D eigenvalue weighted by atomic mass is 9.83. The molecule has 0 unspecified atom stereocenters. The van der Waals surface area contributed by atoms with Crippen molar-refractivity contribution >= 4 is 17.2 Å². The highest BCUT2D eigenvalue weighted by molar-refractivity contribution is 7.12. The van der Waals surface area contributed by atoms with Crippen LogP contribution < -0.4 is 5.56 Å². The fourth-order valence-electron chi connectivity index (χ4n) is 6.33. The zero-order chi connectivity index (χ0) is 24.9. The third-order valence-corrected chi connectivity index (χ3v) is 10.4. The van der Waals surface area contributed by atoms with Crippen LogP contribution in [0.3, 0.4) is 0 Å². The molecule has 1 aliphatic carbocycles. The number of nitrogens with one attached hydrogen (secondary N) is 1. The Kier molecular flexibility index (Phi) is 6.73. The number of piperidine rings is 1. The van der Waals surface area contributed by atoms with E-state index in [9.17, 15) is 9.59 Å². The maximum Gasteiger partial charge on any atom is 0.255 e. The van der Waals surface area contributed by atoms with Crippen LogP contribution in [0, 0.1) is 32.1 Å². The lowest BCUT2D eigenvalue weighted by molar-refractivity contribution is 0.0747. The molecule has 5 nitrogen and oxygen atoms in total. The number of hydrogen-bond acceptors (Lipinski definition) is 4. The number of pyridine rings is 1. The van der Waals surface area contributed by atoms with E-state index in [1.807, 2.05) is 36.2 Å². The Balaban J connectivity index is 1.32. The third kappa shape index (κ3) is 5.01. The number of H-pyrrole nitrogens is 1. The van der Waals surface area contributed by atoms with Crippen molar-refractivity contribution in [2.75, 3.05) is 26.2 Å². The number of carbonyl (C=O) groups is 1. The Labute approximate surface area is 213 Å². The number of aryl methyl sites for hydroxylation is 3. The van der Waals surface area contributed by atoms with Crippen LogP contribution in [0.2, 0.25) is 0 Å². The van der Waals surface area contributed by atoms with Gasteiger partial charge in [-0.15, -0.1) is 11.3 Å². The number of amides is 1. The van der Waals surface area contributed by atoms with Crippen molar-refractivity contribution < 1.29 is 4.79 Å². The van der Waals surface area contributed by atoms with Gasteiger partial charge in [0.05, 0.1) is 12.1 Å². The van der Waals surface area contributed by atoms with E-state index in [2.05, 4.69) is 30.7 Å². The van der Waals surface area contributed by atoms with Gasteiger partial charge in [0.15, 0.2) is 0 Å². The molecule has 2 fully saturated rings. The summed E-state index contributed by atoms with van der Waals surface area (Å²) in [6.07, 6.45) is 7.21. The molecule has 1 amide bonds. The van der Waals surface area contributed by atoms with E-state index in [4.69, 9.17) is 0 Å². The maximum atomic E-state index is 13.8. The number of aromatic nitrogens is 1. The summed E-state index contributed by atoms with van der Waals surface area (Å²) in [5, 5.41) is 0. The van der Waals surface area contributed by atoms with Crippen molar-refractivity contribution in [2.45, 2.75) is 85.6 Å². The fourth-order valence-corrected chi connectivity index (χ4v) is 7.82. The second-order valence-corrected chi connectivity index (χ2v) is 13.0. The summed E-state index contributed by atoms with van der Waals surface area (Å²) < 4.78 is 0. The number of nitrogens with zero attached hydrogens (tertiary/aromatic N) is 2. The van der Waals surface area contributed by atoms with Crippen LogP contribution in [0.5, 0.6) is 0 Å². The molecule has 0 aromatic carbocycles. The lowest BCUT2D eigenvalue weighted by Gasteiger charge is -2.36. The van der Waals surface area contributed by atoms with E-state index >= 15 is 0 Å². The van der Waals surface area contributed by atoms with Crippen molar-refractivity contribution in [3.8, 4) is 0 Å². The van der Waals surface area contributed by atoms with Crippen molar-refractivity contribution in [1.29, 1.82) is 0 Å². The first-order valence-corrected chi connectivity index (χ1v) is 14.3. The Morgan fingerprint density at radius 3 is 2.51 bits per heavy atom. The van der Waals surface area contributed by atoms with Crippen molar-refractivity contribution in [3.05, 3.63) is 54.1 Å². The highest BCUT2D eigenvalue weighted by atomic mass is 32.1. The summed E-state index contributed by atoms with van der Waals surface area (Å²) in [4.78, 5) is 36.5. The molecule has 1 saturated heterocycles. The standard InChI is InChI=1S/C29H41N3O2S/c1-18-15-19(2)30-27(33)23(18)16-32-12-6-7-24-25(28(32)34)21(4)26(35-24)20(3)22-8-13-31(14-9-22)17-29(5)10-11-29/h15,20,22H,6-14,16-17H2,1-5H3,(H,30,33)/t20-/m1/s1. The van der Waals surface area contributed by atoms with E-state index in [-0.39, 0.29) is 11.5 Å². The molecule has 0 bridgehead atoms. The van der Waals surface area contributed by atoms with Gasteiger partial charge in [-0.05, 0) is 107 Å². The molecule has 5 rings (SSSR count). The van der Waals surface area contributed by atoms with Crippen LogP contribution in [-0.4, -0.2) is 46.9 Å². The molecule has 4 heterocycles. The summed E-state index contributed by atoms with van der Waals surface area (Å²) in [6, 6.07) is 2.00. The quantitative estimate of drug-likeness (QED) is 0.570. The Morgan fingerprint density at radius 1 is 1.14 bits per heavy atom. The van der Waals surface area contributed by atoms with E-state index < -0.39 is 0 Å². The maximum absolute atomic E-state index is 13.8. The predicted molar refractivity (Wildman–Crippen MR) is 144 cm³/mol. The second kappa shape index (κ2) is 9.51. The van der Waals surface area contributed by atoms with Crippen LogP contribution >= 0.6 is 11.3 Å². The molecule has 2 aromatic heterocycles. The molecule has 2 aliphatic heterocycles. The van der Waals surface area contributed by atoms with Crippen LogP contribution in [0.25, 0.3) is 0 Å². The van der Waals surface area contributed by atoms with E-state index in [0.29, 0.717) is 35.9 Å². The molecule has 0 spiro atoms. The Hall–Kier alpha value is -1.92. The Morgan fingerprint density at radius 2 is 1.86 bits per heavy atom. The Bertz CT molecular complexity index is 1170. The molecule has 1 atom stereocenters. The second-order valence-electron chi connectivity index (χ2n) is 11.9. The highest BCUT2D eigenvalue weighted by Crippen LogP contribution is 2.47. The normalized spacial score (nSPS) is 21.6. The molecule has 3 aliphatic rings. The van der Waals surface area contributed by atoms with Gasteiger partial charge >= 0.3 is 0 Å². The minimum atomic E-state index is -0.0712. The van der Waals surface area contributed by atoms with Crippen LogP contribution in [0.15, 0.2) is 10.9 Å². The van der Waals surface area contributed by atoms with Gasteiger partial charge in [-0.3, -0.25) is 9.59 Å². The number of aromatic amines is 1. The fraction of sp³-hybridized carbons (Fsp3) is 0.655. The smallest absolute Gasteiger partial charge is 0.255 e. The summed E-state index contributed by atoms with van der Waals surface area (Å²) >= 11 is 1.89. The first-order chi connectivity index (χ1) is 16.6. The van der Waals surface area contributed by atoms with E-state index in [1.165, 1.54) is 60.6 Å². The molecule has 1 saturated carbocycles.